The monoisotopic (exact) mass is 226 g/mol. The van der Waals surface area contributed by atoms with Crippen LogP contribution in [0.15, 0.2) is 0 Å². The molecule has 1 amide bonds. The van der Waals surface area contributed by atoms with E-state index in [1.54, 1.807) is 0 Å². The van der Waals surface area contributed by atoms with Crippen molar-refractivity contribution >= 4 is 11.9 Å². The maximum absolute atomic E-state index is 11.3. The fourth-order valence-electron chi connectivity index (χ4n) is 2.50. The molecule has 2 fully saturated rings. The summed E-state index contributed by atoms with van der Waals surface area (Å²) in [4.78, 5) is 24.4. The predicted octanol–water partition coefficient (Wildman–Crippen LogP) is 0.0469. The van der Waals surface area contributed by atoms with Crippen molar-refractivity contribution in [2.24, 2.45) is 17.1 Å². The number of rotatable bonds is 4. The van der Waals surface area contributed by atoms with E-state index in [-0.39, 0.29) is 11.8 Å². The molecule has 2 aliphatic rings. The van der Waals surface area contributed by atoms with Crippen LogP contribution in [0.4, 0.5) is 0 Å². The van der Waals surface area contributed by atoms with E-state index in [0.29, 0.717) is 19.5 Å². The van der Waals surface area contributed by atoms with Gasteiger partial charge in [0.05, 0.1) is 5.41 Å². The van der Waals surface area contributed by atoms with Crippen molar-refractivity contribution in [3.8, 4) is 0 Å². The first-order valence-electron chi connectivity index (χ1n) is 5.71. The molecule has 1 saturated carbocycles. The molecule has 1 aliphatic heterocycles. The Morgan fingerprint density at radius 2 is 2.12 bits per heavy atom. The first-order chi connectivity index (χ1) is 7.44. The van der Waals surface area contributed by atoms with E-state index in [2.05, 4.69) is 0 Å². The van der Waals surface area contributed by atoms with Crippen molar-refractivity contribution in [3.05, 3.63) is 0 Å². The van der Waals surface area contributed by atoms with Crippen LogP contribution in [0.2, 0.25) is 0 Å². The molecule has 90 valence electrons. The average Bonchev–Trinajstić information content (AvgIpc) is 2.90. The van der Waals surface area contributed by atoms with Crippen molar-refractivity contribution in [3.63, 3.8) is 0 Å². The highest BCUT2D eigenvalue weighted by molar-refractivity contribution is 5.81. The van der Waals surface area contributed by atoms with Gasteiger partial charge < -0.3 is 10.8 Å². The van der Waals surface area contributed by atoms with E-state index < -0.39 is 17.4 Å². The van der Waals surface area contributed by atoms with Crippen molar-refractivity contribution in [2.75, 3.05) is 13.1 Å². The number of carbonyl (C=O) groups excluding carboxylic acids is 1. The number of aliphatic carboxylic acids is 1. The molecule has 2 rings (SSSR count). The van der Waals surface area contributed by atoms with E-state index in [9.17, 15) is 14.7 Å². The molecule has 5 heteroatoms. The summed E-state index contributed by atoms with van der Waals surface area (Å²) in [7, 11) is 0. The lowest BCUT2D eigenvalue weighted by Crippen LogP contribution is -2.44. The molecule has 2 unspecified atom stereocenters. The van der Waals surface area contributed by atoms with E-state index in [4.69, 9.17) is 5.73 Å². The molecule has 1 saturated heterocycles. The van der Waals surface area contributed by atoms with E-state index in [0.717, 1.165) is 12.8 Å². The third-order valence-electron chi connectivity index (χ3n) is 3.81. The minimum absolute atomic E-state index is 0.271. The van der Waals surface area contributed by atoms with Crippen LogP contribution >= 0.6 is 0 Å². The summed E-state index contributed by atoms with van der Waals surface area (Å²) < 4.78 is 0. The van der Waals surface area contributed by atoms with Gasteiger partial charge in [-0.3, -0.25) is 14.5 Å². The van der Waals surface area contributed by atoms with Crippen LogP contribution < -0.4 is 5.73 Å². The molecular formula is C11H18N2O3. The topological polar surface area (TPSA) is 83.6 Å². The van der Waals surface area contributed by atoms with Gasteiger partial charge in [0.2, 0.25) is 5.91 Å². The summed E-state index contributed by atoms with van der Waals surface area (Å²) in [5.74, 6) is -0.820. The molecule has 1 heterocycles. The van der Waals surface area contributed by atoms with Crippen LogP contribution in [0.25, 0.3) is 0 Å². The van der Waals surface area contributed by atoms with E-state index in [1.807, 2.05) is 11.8 Å². The molecule has 0 aromatic carbocycles. The standard InChI is InChI=1S/C11H18N2O3/c1-11(10(12)16)4-5-13(6-11)8(9(14)15)7-2-3-7/h7-8H,2-6H2,1H3,(H2,12,16)(H,14,15). The van der Waals surface area contributed by atoms with Crippen molar-refractivity contribution in [1.29, 1.82) is 0 Å². The van der Waals surface area contributed by atoms with Crippen LogP contribution in [-0.2, 0) is 9.59 Å². The van der Waals surface area contributed by atoms with Gasteiger partial charge >= 0.3 is 5.97 Å². The zero-order chi connectivity index (χ0) is 11.9. The summed E-state index contributed by atoms with van der Waals surface area (Å²) in [6.45, 7) is 2.96. The van der Waals surface area contributed by atoms with Crippen LogP contribution in [0.5, 0.6) is 0 Å². The molecule has 5 nitrogen and oxygen atoms in total. The maximum atomic E-state index is 11.3. The van der Waals surface area contributed by atoms with Gasteiger partial charge in [-0.2, -0.15) is 0 Å². The highest BCUT2D eigenvalue weighted by Crippen LogP contribution is 2.39. The van der Waals surface area contributed by atoms with Crippen molar-refractivity contribution in [2.45, 2.75) is 32.2 Å². The Morgan fingerprint density at radius 1 is 1.50 bits per heavy atom. The Hall–Kier alpha value is -1.10. The van der Waals surface area contributed by atoms with Gasteiger partial charge in [0, 0.05) is 13.1 Å². The lowest BCUT2D eigenvalue weighted by Gasteiger charge is -2.26. The fraction of sp³-hybridized carbons (Fsp3) is 0.818. The van der Waals surface area contributed by atoms with Crippen LogP contribution in [0.1, 0.15) is 26.2 Å². The second-order valence-corrected chi connectivity index (χ2v) is 5.27. The Labute approximate surface area is 94.6 Å². The highest BCUT2D eigenvalue weighted by Gasteiger charge is 2.47. The zero-order valence-corrected chi connectivity index (χ0v) is 9.48. The molecular weight excluding hydrogens is 208 g/mol. The summed E-state index contributed by atoms with van der Waals surface area (Å²) in [5.41, 5.74) is 4.80. The summed E-state index contributed by atoms with van der Waals surface area (Å²) >= 11 is 0. The SMILES string of the molecule is CC1(C(N)=O)CCN(C(C(=O)O)C2CC2)C1. The number of carbonyl (C=O) groups is 2. The molecule has 1 aliphatic carbocycles. The first kappa shape index (κ1) is 11.4. The Bertz CT molecular complexity index is 327. The normalized spacial score (nSPS) is 32.6. The lowest BCUT2D eigenvalue weighted by atomic mass is 9.89. The molecule has 0 spiro atoms. The molecule has 16 heavy (non-hydrogen) atoms. The Kier molecular flexibility index (Phi) is 2.66. The van der Waals surface area contributed by atoms with Gasteiger partial charge in [0.15, 0.2) is 0 Å². The zero-order valence-electron chi connectivity index (χ0n) is 9.48. The third-order valence-corrected chi connectivity index (χ3v) is 3.81. The number of hydrogen-bond donors (Lipinski definition) is 2. The molecule has 0 bridgehead atoms. The number of likely N-dealkylation sites (tertiary alicyclic amines) is 1. The smallest absolute Gasteiger partial charge is 0.321 e. The highest BCUT2D eigenvalue weighted by atomic mass is 16.4. The summed E-state index contributed by atoms with van der Waals surface area (Å²) in [6.07, 6.45) is 2.64. The van der Waals surface area contributed by atoms with Crippen molar-refractivity contribution < 1.29 is 14.7 Å². The first-order valence-corrected chi connectivity index (χ1v) is 5.71. The third kappa shape index (κ3) is 1.91. The van der Waals surface area contributed by atoms with Gasteiger partial charge in [-0.25, -0.2) is 0 Å². The second-order valence-electron chi connectivity index (χ2n) is 5.27. The largest absolute Gasteiger partial charge is 0.480 e. The van der Waals surface area contributed by atoms with Gasteiger partial charge in [-0.1, -0.05) is 0 Å². The number of carboxylic acid groups (broad SMARTS) is 1. The van der Waals surface area contributed by atoms with Gasteiger partial charge in [0.25, 0.3) is 0 Å². The molecule has 3 N–H and O–H groups in total. The molecule has 0 aromatic heterocycles. The predicted molar refractivity (Wildman–Crippen MR) is 57.6 cm³/mol. The van der Waals surface area contributed by atoms with Crippen LogP contribution in [0, 0.1) is 11.3 Å². The van der Waals surface area contributed by atoms with E-state index in [1.165, 1.54) is 0 Å². The molecule has 2 atom stereocenters. The number of amides is 1. The molecule has 0 aromatic rings. The minimum atomic E-state index is -0.767. The van der Waals surface area contributed by atoms with Crippen LogP contribution in [0.3, 0.4) is 0 Å². The average molecular weight is 226 g/mol. The van der Waals surface area contributed by atoms with Gasteiger partial charge in [0.1, 0.15) is 6.04 Å². The van der Waals surface area contributed by atoms with E-state index >= 15 is 0 Å². The van der Waals surface area contributed by atoms with Gasteiger partial charge in [-0.15, -0.1) is 0 Å². The van der Waals surface area contributed by atoms with Crippen LogP contribution in [-0.4, -0.2) is 41.0 Å². The fourth-order valence-corrected chi connectivity index (χ4v) is 2.50. The summed E-state index contributed by atoms with van der Waals surface area (Å²) in [6, 6.07) is -0.416. The number of carboxylic acids is 1. The number of nitrogens with two attached hydrogens (primary N) is 1. The number of hydrogen-bond acceptors (Lipinski definition) is 3. The minimum Gasteiger partial charge on any atom is -0.480 e. The lowest BCUT2D eigenvalue weighted by molar-refractivity contribution is -0.144. The number of primary amides is 1. The molecule has 0 radical (unpaired) electrons. The van der Waals surface area contributed by atoms with Gasteiger partial charge in [-0.05, 0) is 32.1 Å². The Balaban J connectivity index is 2.06. The van der Waals surface area contributed by atoms with Crippen molar-refractivity contribution in [1.82, 2.24) is 4.90 Å². The summed E-state index contributed by atoms with van der Waals surface area (Å²) in [5, 5.41) is 9.20. The Morgan fingerprint density at radius 3 is 2.50 bits per heavy atom. The second kappa shape index (κ2) is 3.73. The quantitative estimate of drug-likeness (QED) is 0.709. The number of nitrogens with zero attached hydrogens (tertiary/aromatic N) is 1. The maximum Gasteiger partial charge on any atom is 0.321 e.